The fourth-order valence-electron chi connectivity index (χ4n) is 2.85. The molecule has 0 aromatic rings. The van der Waals surface area contributed by atoms with E-state index in [0.29, 0.717) is 11.8 Å². The van der Waals surface area contributed by atoms with Crippen LogP contribution in [0.1, 0.15) is 40.5 Å². The number of allylic oxidation sites excluding steroid dienone is 2. The second kappa shape index (κ2) is 4.08. The monoisotopic (exact) mass is 180 g/mol. The maximum absolute atomic E-state index is 10.9. The lowest BCUT2D eigenvalue weighted by atomic mass is 9.85. The van der Waals surface area contributed by atoms with Gasteiger partial charge in [-0.25, -0.2) is 0 Å². The first-order valence-electron chi connectivity index (χ1n) is 5.32. The highest BCUT2D eigenvalue weighted by Gasteiger charge is 2.35. The van der Waals surface area contributed by atoms with Gasteiger partial charge in [-0.3, -0.25) is 0 Å². The van der Waals surface area contributed by atoms with Crippen molar-refractivity contribution >= 4 is 6.29 Å². The van der Waals surface area contributed by atoms with Gasteiger partial charge in [0.1, 0.15) is 6.29 Å². The Kier molecular flexibility index (Phi) is 3.29. The van der Waals surface area contributed by atoms with Crippen LogP contribution in [0.25, 0.3) is 0 Å². The zero-order chi connectivity index (χ0) is 10.0. The zero-order valence-corrected chi connectivity index (χ0v) is 9.13. The van der Waals surface area contributed by atoms with E-state index in [1.165, 1.54) is 17.6 Å². The van der Waals surface area contributed by atoms with Crippen LogP contribution in [0, 0.1) is 17.8 Å². The molecule has 1 nitrogen and oxygen atoms in total. The Bertz CT molecular complexity index is 227. The standard InChI is InChI=1S/C12H20O/c1-5-10-8(3)12(7-13)9(4)11(10)6-2/h7-8,10,12H,5-6H2,1-4H3. The van der Waals surface area contributed by atoms with Crippen LogP contribution in [-0.2, 0) is 4.79 Å². The normalized spacial score (nSPS) is 34.0. The van der Waals surface area contributed by atoms with Crippen molar-refractivity contribution in [2.45, 2.75) is 40.5 Å². The molecular formula is C12H20O. The van der Waals surface area contributed by atoms with Gasteiger partial charge >= 0.3 is 0 Å². The first-order chi connectivity index (χ1) is 6.17. The molecule has 0 saturated carbocycles. The quantitative estimate of drug-likeness (QED) is 0.481. The first-order valence-corrected chi connectivity index (χ1v) is 5.32. The van der Waals surface area contributed by atoms with E-state index in [4.69, 9.17) is 0 Å². The molecule has 0 aliphatic heterocycles. The van der Waals surface area contributed by atoms with Crippen LogP contribution in [0.5, 0.6) is 0 Å². The fourth-order valence-corrected chi connectivity index (χ4v) is 2.85. The van der Waals surface area contributed by atoms with E-state index in [1.807, 2.05) is 0 Å². The third-order valence-corrected chi connectivity index (χ3v) is 3.62. The molecule has 0 aromatic heterocycles. The predicted octanol–water partition coefficient (Wildman–Crippen LogP) is 3.20. The minimum Gasteiger partial charge on any atom is -0.303 e. The van der Waals surface area contributed by atoms with E-state index in [0.717, 1.165) is 12.7 Å². The molecule has 0 radical (unpaired) electrons. The molecular weight excluding hydrogens is 160 g/mol. The Morgan fingerprint density at radius 3 is 2.31 bits per heavy atom. The zero-order valence-electron chi connectivity index (χ0n) is 9.13. The number of carbonyl (C=O) groups excluding carboxylic acids is 1. The van der Waals surface area contributed by atoms with Crippen molar-refractivity contribution in [3.8, 4) is 0 Å². The summed E-state index contributed by atoms with van der Waals surface area (Å²) >= 11 is 0. The molecule has 1 rings (SSSR count). The summed E-state index contributed by atoms with van der Waals surface area (Å²) in [6, 6.07) is 0. The minimum absolute atomic E-state index is 0.194. The summed E-state index contributed by atoms with van der Waals surface area (Å²) in [5.74, 6) is 1.37. The summed E-state index contributed by atoms with van der Waals surface area (Å²) in [7, 11) is 0. The lowest BCUT2D eigenvalue weighted by molar-refractivity contribution is -0.111. The second-order valence-electron chi connectivity index (χ2n) is 4.10. The van der Waals surface area contributed by atoms with Crippen LogP contribution in [0.2, 0.25) is 0 Å². The summed E-state index contributed by atoms with van der Waals surface area (Å²) < 4.78 is 0. The van der Waals surface area contributed by atoms with Crippen LogP contribution in [-0.4, -0.2) is 6.29 Å². The topological polar surface area (TPSA) is 17.1 Å². The highest BCUT2D eigenvalue weighted by molar-refractivity contribution is 5.62. The second-order valence-corrected chi connectivity index (χ2v) is 4.10. The van der Waals surface area contributed by atoms with Crippen LogP contribution in [0.3, 0.4) is 0 Å². The van der Waals surface area contributed by atoms with Gasteiger partial charge in [-0.1, -0.05) is 31.9 Å². The van der Waals surface area contributed by atoms with Gasteiger partial charge in [-0.15, -0.1) is 0 Å². The Labute approximate surface area is 81.2 Å². The summed E-state index contributed by atoms with van der Waals surface area (Å²) in [5.41, 5.74) is 2.88. The molecule has 0 heterocycles. The molecule has 1 aliphatic carbocycles. The van der Waals surface area contributed by atoms with E-state index >= 15 is 0 Å². The molecule has 0 spiro atoms. The van der Waals surface area contributed by atoms with Gasteiger partial charge in [-0.05, 0) is 31.6 Å². The summed E-state index contributed by atoms with van der Waals surface area (Å²) in [6.07, 6.45) is 3.41. The van der Waals surface area contributed by atoms with Crippen molar-refractivity contribution in [3.05, 3.63) is 11.1 Å². The van der Waals surface area contributed by atoms with Gasteiger partial charge in [0.15, 0.2) is 0 Å². The molecule has 0 aromatic carbocycles. The number of hydrogen-bond acceptors (Lipinski definition) is 1. The van der Waals surface area contributed by atoms with Gasteiger partial charge < -0.3 is 4.79 Å². The fraction of sp³-hybridized carbons (Fsp3) is 0.750. The molecule has 0 N–H and O–H groups in total. The molecule has 1 heteroatoms. The van der Waals surface area contributed by atoms with Crippen LogP contribution in [0.15, 0.2) is 11.1 Å². The van der Waals surface area contributed by atoms with Crippen LogP contribution < -0.4 is 0 Å². The Balaban J connectivity index is 2.97. The third-order valence-electron chi connectivity index (χ3n) is 3.62. The first kappa shape index (κ1) is 10.5. The summed E-state index contributed by atoms with van der Waals surface area (Å²) in [5, 5.41) is 0. The number of carbonyl (C=O) groups is 1. The van der Waals surface area contributed by atoms with E-state index in [2.05, 4.69) is 27.7 Å². The van der Waals surface area contributed by atoms with Gasteiger partial charge in [0.05, 0.1) is 0 Å². The Hall–Kier alpha value is -0.590. The van der Waals surface area contributed by atoms with E-state index in [-0.39, 0.29) is 5.92 Å². The molecule has 0 saturated heterocycles. The Morgan fingerprint density at radius 1 is 1.38 bits per heavy atom. The molecule has 3 atom stereocenters. The van der Waals surface area contributed by atoms with Crippen molar-refractivity contribution in [3.63, 3.8) is 0 Å². The molecule has 3 unspecified atom stereocenters. The predicted molar refractivity (Wildman–Crippen MR) is 55.5 cm³/mol. The average molecular weight is 180 g/mol. The summed E-state index contributed by atoms with van der Waals surface area (Å²) in [6.45, 7) is 8.75. The number of hydrogen-bond donors (Lipinski definition) is 0. The highest BCUT2D eigenvalue weighted by Crippen LogP contribution is 2.43. The van der Waals surface area contributed by atoms with Crippen molar-refractivity contribution in [1.82, 2.24) is 0 Å². The van der Waals surface area contributed by atoms with E-state index in [1.54, 1.807) is 0 Å². The molecule has 0 fully saturated rings. The number of rotatable bonds is 3. The lowest BCUT2D eigenvalue weighted by Gasteiger charge is -2.18. The van der Waals surface area contributed by atoms with Gasteiger partial charge in [0, 0.05) is 5.92 Å². The van der Waals surface area contributed by atoms with Crippen LogP contribution in [0.4, 0.5) is 0 Å². The average Bonchev–Trinajstić information content (AvgIpc) is 2.36. The van der Waals surface area contributed by atoms with Gasteiger partial charge in [0.2, 0.25) is 0 Å². The van der Waals surface area contributed by atoms with Gasteiger partial charge in [-0.2, -0.15) is 0 Å². The number of aldehydes is 1. The molecule has 74 valence electrons. The van der Waals surface area contributed by atoms with E-state index in [9.17, 15) is 4.79 Å². The molecule has 13 heavy (non-hydrogen) atoms. The van der Waals surface area contributed by atoms with Crippen LogP contribution >= 0.6 is 0 Å². The van der Waals surface area contributed by atoms with Gasteiger partial charge in [0.25, 0.3) is 0 Å². The molecule has 0 amide bonds. The van der Waals surface area contributed by atoms with Crippen molar-refractivity contribution in [2.24, 2.45) is 17.8 Å². The lowest BCUT2D eigenvalue weighted by Crippen LogP contribution is -2.15. The van der Waals surface area contributed by atoms with Crippen molar-refractivity contribution in [2.75, 3.05) is 0 Å². The summed E-state index contributed by atoms with van der Waals surface area (Å²) in [4.78, 5) is 10.9. The molecule has 0 bridgehead atoms. The minimum atomic E-state index is 0.194. The third kappa shape index (κ3) is 1.56. The van der Waals surface area contributed by atoms with Crippen molar-refractivity contribution in [1.29, 1.82) is 0 Å². The van der Waals surface area contributed by atoms with Crippen molar-refractivity contribution < 1.29 is 4.79 Å². The SMILES string of the molecule is CCC1=C(C)C(C=O)C(C)C1CC. The maximum atomic E-state index is 10.9. The molecule has 1 aliphatic rings. The van der Waals surface area contributed by atoms with E-state index < -0.39 is 0 Å². The largest absolute Gasteiger partial charge is 0.303 e. The Morgan fingerprint density at radius 2 is 2.00 bits per heavy atom. The maximum Gasteiger partial charge on any atom is 0.127 e. The highest BCUT2D eigenvalue weighted by atomic mass is 16.1. The smallest absolute Gasteiger partial charge is 0.127 e.